The molecule has 4 rings (SSSR count). The molecular weight excluding hydrogens is 362 g/mol. The minimum absolute atomic E-state index is 0.0141. The first kappa shape index (κ1) is 19.3. The summed E-state index contributed by atoms with van der Waals surface area (Å²) in [6.45, 7) is 2.87. The predicted octanol–water partition coefficient (Wildman–Crippen LogP) is 3.91. The van der Waals surface area contributed by atoms with Crippen LogP contribution in [0.25, 0.3) is 5.82 Å². The lowest BCUT2D eigenvalue weighted by Crippen LogP contribution is -2.31. The van der Waals surface area contributed by atoms with E-state index in [2.05, 4.69) is 29.0 Å². The second-order valence-electron chi connectivity index (χ2n) is 7.45. The van der Waals surface area contributed by atoms with Crippen LogP contribution in [0, 0.1) is 0 Å². The van der Waals surface area contributed by atoms with Gasteiger partial charge in [-0.2, -0.15) is 0 Å². The Morgan fingerprint density at radius 2 is 2.07 bits per heavy atom. The van der Waals surface area contributed by atoms with Gasteiger partial charge in [-0.25, -0.2) is 9.97 Å². The Hall–Kier alpha value is -3.02. The summed E-state index contributed by atoms with van der Waals surface area (Å²) in [7, 11) is 0. The van der Waals surface area contributed by atoms with Gasteiger partial charge in [-0.05, 0) is 31.2 Å². The summed E-state index contributed by atoms with van der Waals surface area (Å²) in [6.07, 6.45) is 12.4. The lowest BCUT2D eigenvalue weighted by Gasteiger charge is -2.24. The quantitative estimate of drug-likeness (QED) is 0.615. The monoisotopic (exact) mass is 389 g/mol. The number of hydrogen-bond donors (Lipinski definition) is 0. The van der Waals surface area contributed by atoms with E-state index in [0.717, 1.165) is 56.0 Å². The molecule has 1 aromatic carbocycles. The van der Waals surface area contributed by atoms with Gasteiger partial charge in [0.25, 0.3) is 0 Å². The summed E-state index contributed by atoms with van der Waals surface area (Å²) in [5, 5.41) is 0. The van der Waals surface area contributed by atoms with Crippen LogP contribution in [0.3, 0.4) is 0 Å². The number of nitrogens with zero attached hydrogens (tertiary/aromatic N) is 5. The molecule has 6 nitrogen and oxygen atoms in total. The highest BCUT2D eigenvalue weighted by molar-refractivity contribution is 5.77. The molecular formula is C23H27N5O. The number of hydrogen-bond acceptors (Lipinski definition) is 4. The van der Waals surface area contributed by atoms with Crippen LogP contribution in [0.4, 0.5) is 0 Å². The average Bonchev–Trinajstić information content (AvgIpc) is 3.44. The van der Waals surface area contributed by atoms with Gasteiger partial charge in [0, 0.05) is 31.8 Å². The third kappa shape index (κ3) is 4.36. The first-order valence-electron chi connectivity index (χ1n) is 10.4. The maximum absolute atomic E-state index is 12.9. The lowest BCUT2D eigenvalue weighted by molar-refractivity contribution is -0.132. The first-order valence-corrected chi connectivity index (χ1v) is 10.4. The minimum atomic E-state index is 0.0141. The van der Waals surface area contributed by atoms with E-state index >= 15 is 0 Å². The van der Waals surface area contributed by atoms with E-state index in [-0.39, 0.29) is 11.9 Å². The van der Waals surface area contributed by atoms with Crippen LogP contribution in [0.1, 0.15) is 55.7 Å². The van der Waals surface area contributed by atoms with Crippen LogP contribution in [0.15, 0.2) is 55.1 Å². The molecule has 2 aromatic heterocycles. The number of rotatable bonds is 7. The molecule has 1 aliphatic rings. The van der Waals surface area contributed by atoms with Gasteiger partial charge < -0.3 is 4.90 Å². The Morgan fingerprint density at radius 3 is 2.90 bits per heavy atom. The average molecular weight is 390 g/mol. The molecule has 1 unspecified atom stereocenters. The zero-order valence-electron chi connectivity index (χ0n) is 16.9. The van der Waals surface area contributed by atoms with Gasteiger partial charge in [-0.1, -0.05) is 37.3 Å². The highest BCUT2D eigenvalue weighted by Gasteiger charge is 2.31. The summed E-state index contributed by atoms with van der Waals surface area (Å²) in [4.78, 5) is 28.5. The van der Waals surface area contributed by atoms with Crippen molar-refractivity contribution in [2.45, 2.75) is 51.5 Å². The Morgan fingerprint density at radius 1 is 1.21 bits per heavy atom. The molecule has 1 amide bonds. The summed E-state index contributed by atoms with van der Waals surface area (Å²) < 4.78 is 1.97. The number of aromatic nitrogens is 4. The van der Waals surface area contributed by atoms with Crippen molar-refractivity contribution in [2.75, 3.05) is 6.54 Å². The second-order valence-corrected chi connectivity index (χ2v) is 7.45. The van der Waals surface area contributed by atoms with E-state index < -0.39 is 0 Å². The van der Waals surface area contributed by atoms with Gasteiger partial charge in [-0.15, -0.1) is 0 Å². The maximum Gasteiger partial charge on any atom is 0.223 e. The standard InChI is InChI=1S/C23H27N5O/c1-2-21-25-13-15-28(21)22-17-24-16-19(26-22)20-11-7-14-27(20)23(29)12-6-10-18-8-4-3-5-9-18/h3-5,8-9,13,15-17,20H,2,6-7,10-12,14H2,1H3. The van der Waals surface area contributed by atoms with Gasteiger partial charge in [0.2, 0.25) is 5.91 Å². The zero-order chi connectivity index (χ0) is 20.1. The van der Waals surface area contributed by atoms with Crippen molar-refractivity contribution in [3.05, 3.63) is 72.2 Å². The zero-order valence-corrected chi connectivity index (χ0v) is 16.9. The summed E-state index contributed by atoms with van der Waals surface area (Å²) >= 11 is 0. The number of amides is 1. The van der Waals surface area contributed by atoms with Gasteiger partial charge in [-0.3, -0.25) is 14.3 Å². The number of aryl methyl sites for hydroxylation is 2. The van der Waals surface area contributed by atoms with E-state index in [4.69, 9.17) is 4.98 Å². The molecule has 1 aliphatic heterocycles. The SMILES string of the molecule is CCc1nccn1-c1cncc(C2CCCN2C(=O)CCCc2ccccc2)n1. The van der Waals surface area contributed by atoms with Crippen LogP contribution in [-0.4, -0.2) is 36.9 Å². The van der Waals surface area contributed by atoms with Crippen molar-refractivity contribution in [3.8, 4) is 5.82 Å². The summed E-state index contributed by atoms with van der Waals surface area (Å²) in [5.41, 5.74) is 2.15. The lowest BCUT2D eigenvalue weighted by atomic mass is 10.1. The molecule has 29 heavy (non-hydrogen) atoms. The van der Waals surface area contributed by atoms with Crippen LogP contribution in [-0.2, 0) is 17.6 Å². The number of benzene rings is 1. The third-order valence-electron chi connectivity index (χ3n) is 5.53. The number of likely N-dealkylation sites (tertiary alicyclic amines) is 1. The van der Waals surface area contributed by atoms with Crippen LogP contribution in [0.2, 0.25) is 0 Å². The summed E-state index contributed by atoms with van der Waals surface area (Å²) in [6, 6.07) is 10.4. The predicted molar refractivity (Wildman–Crippen MR) is 112 cm³/mol. The van der Waals surface area contributed by atoms with Crippen LogP contribution >= 0.6 is 0 Å². The smallest absolute Gasteiger partial charge is 0.223 e. The Balaban J connectivity index is 1.44. The maximum atomic E-state index is 12.9. The molecule has 1 atom stereocenters. The second kappa shape index (κ2) is 8.99. The third-order valence-corrected chi connectivity index (χ3v) is 5.53. The number of imidazole rings is 1. The van der Waals surface area contributed by atoms with Gasteiger partial charge in [0.05, 0.1) is 24.1 Å². The topological polar surface area (TPSA) is 63.9 Å². The molecule has 0 bridgehead atoms. The molecule has 3 aromatic rings. The van der Waals surface area contributed by atoms with E-state index in [1.54, 1.807) is 18.6 Å². The van der Waals surface area contributed by atoms with Crippen molar-refractivity contribution in [1.82, 2.24) is 24.4 Å². The largest absolute Gasteiger partial charge is 0.334 e. The number of carbonyl (C=O) groups is 1. The Bertz CT molecular complexity index is 953. The van der Waals surface area contributed by atoms with Crippen molar-refractivity contribution in [1.29, 1.82) is 0 Å². The highest BCUT2D eigenvalue weighted by atomic mass is 16.2. The van der Waals surface area contributed by atoms with Crippen molar-refractivity contribution in [2.24, 2.45) is 0 Å². The number of carbonyl (C=O) groups excluding carboxylic acids is 1. The fourth-order valence-electron chi connectivity index (χ4n) is 4.06. The fraction of sp³-hybridized carbons (Fsp3) is 0.391. The molecule has 0 radical (unpaired) electrons. The molecule has 6 heteroatoms. The molecule has 0 saturated carbocycles. The first-order chi connectivity index (χ1) is 14.3. The van der Waals surface area contributed by atoms with Crippen LogP contribution in [0.5, 0.6) is 0 Å². The normalized spacial score (nSPS) is 16.3. The minimum Gasteiger partial charge on any atom is -0.334 e. The molecule has 0 spiro atoms. The highest BCUT2D eigenvalue weighted by Crippen LogP contribution is 2.31. The van der Waals surface area contributed by atoms with E-state index in [1.165, 1.54) is 5.56 Å². The van der Waals surface area contributed by atoms with E-state index in [1.807, 2.05) is 33.9 Å². The molecule has 3 heterocycles. The molecule has 1 saturated heterocycles. The fourth-order valence-corrected chi connectivity index (χ4v) is 4.06. The molecule has 1 fully saturated rings. The molecule has 150 valence electrons. The van der Waals surface area contributed by atoms with Crippen molar-refractivity contribution in [3.63, 3.8) is 0 Å². The van der Waals surface area contributed by atoms with Crippen LogP contribution < -0.4 is 0 Å². The van der Waals surface area contributed by atoms with Crippen molar-refractivity contribution < 1.29 is 4.79 Å². The van der Waals surface area contributed by atoms with Gasteiger partial charge in [0.1, 0.15) is 5.82 Å². The Kier molecular flexibility index (Phi) is 5.98. The van der Waals surface area contributed by atoms with Gasteiger partial charge in [0.15, 0.2) is 5.82 Å². The molecule has 0 aliphatic carbocycles. The summed E-state index contributed by atoms with van der Waals surface area (Å²) in [5.74, 6) is 1.93. The molecule has 0 N–H and O–H groups in total. The van der Waals surface area contributed by atoms with E-state index in [9.17, 15) is 4.79 Å². The van der Waals surface area contributed by atoms with E-state index in [0.29, 0.717) is 6.42 Å². The Labute approximate surface area is 171 Å². The van der Waals surface area contributed by atoms with Gasteiger partial charge >= 0.3 is 0 Å². The van der Waals surface area contributed by atoms with Crippen molar-refractivity contribution >= 4 is 5.91 Å².